The van der Waals surface area contributed by atoms with Gasteiger partial charge in [0.05, 0.1) is 12.5 Å². The summed E-state index contributed by atoms with van der Waals surface area (Å²) in [7, 11) is 0. The Morgan fingerprint density at radius 2 is 1.81 bits per heavy atom. The van der Waals surface area contributed by atoms with Crippen LogP contribution in [0.1, 0.15) is 28.4 Å². The molecule has 1 heterocycles. The van der Waals surface area contributed by atoms with Crippen LogP contribution in [0.25, 0.3) is 5.69 Å². The van der Waals surface area contributed by atoms with E-state index in [-0.39, 0.29) is 6.42 Å². The molecule has 0 saturated heterocycles. The van der Waals surface area contributed by atoms with E-state index in [9.17, 15) is 14.0 Å². The van der Waals surface area contributed by atoms with Crippen molar-refractivity contribution in [1.82, 2.24) is 20.1 Å². The van der Waals surface area contributed by atoms with Gasteiger partial charge < -0.3 is 10.4 Å². The third-order valence-electron chi connectivity index (χ3n) is 3.78. The van der Waals surface area contributed by atoms with E-state index in [0.717, 1.165) is 0 Å². The number of nitrogens with one attached hydrogen (secondary N) is 1. The number of benzene rings is 2. The van der Waals surface area contributed by atoms with Crippen molar-refractivity contribution in [3.05, 3.63) is 78.1 Å². The van der Waals surface area contributed by atoms with E-state index in [1.165, 1.54) is 36.9 Å². The van der Waals surface area contributed by atoms with Crippen LogP contribution in [0, 0.1) is 5.82 Å². The van der Waals surface area contributed by atoms with Gasteiger partial charge in [-0.3, -0.25) is 14.2 Å². The smallest absolute Gasteiger partial charge is 0.305 e. The fourth-order valence-electron chi connectivity index (χ4n) is 2.51. The van der Waals surface area contributed by atoms with Gasteiger partial charge in [0.2, 0.25) is 0 Å². The number of carboxylic acids is 1. The molecule has 26 heavy (non-hydrogen) atoms. The van der Waals surface area contributed by atoms with E-state index in [0.29, 0.717) is 16.8 Å². The van der Waals surface area contributed by atoms with E-state index in [2.05, 4.69) is 15.5 Å². The van der Waals surface area contributed by atoms with Gasteiger partial charge in [0, 0.05) is 11.3 Å². The Hall–Kier alpha value is -3.55. The highest BCUT2D eigenvalue weighted by molar-refractivity contribution is 5.95. The summed E-state index contributed by atoms with van der Waals surface area (Å²) in [6, 6.07) is 11.3. The minimum absolute atomic E-state index is 0.317. The Kier molecular flexibility index (Phi) is 5.02. The van der Waals surface area contributed by atoms with Crippen LogP contribution in [0.3, 0.4) is 0 Å². The molecular formula is C18H15FN4O3. The standard InChI is InChI=1S/C18H15FN4O3/c19-14-6-4-12(5-7-14)16(9-17(24)25)22-18(26)13-2-1-3-15(8-13)23-10-20-21-11-23/h1-8,10-11,16H,9H2,(H,22,26)(H,24,25)/t16-/m1/s1. The lowest BCUT2D eigenvalue weighted by Crippen LogP contribution is -2.30. The number of hydrogen-bond donors (Lipinski definition) is 2. The maximum Gasteiger partial charge on any atom is 0.305 e. The first-order valence-corrected chi connectivity index (χ1v) is 7.76. The zero-order valence-corrected chi connectivity index (χ0v) is 13.5. The fourth-order valence-corrected chi connectivity index (χ4v) is 2.51. The van der Waals surface area contributed by atoms with Crippen molar-refractivity contribution in [2.24, 2.45) is 0 Å². The summed E-state index contributed by atoms with van der Waals surface area (Å²) in [4.78, 5) is 23.7. The predicted octanol–water partition coefficient (Wildman–Crippen LogP) is 2.35. The van der Waals surface area contributed by atoms with Gasteiger partial charge >= 0.3 is 5.97 Å². The molecule has 1 atom stereocenters. The molecule has 7 nitrogen and oxygen atoms in total. The molecule has 3 rings (SSSR count). The topological polar surface area (TPSA) is 97.1 Å². The van der Waals surface area contributed by atoms with Crippen LogP contribution in [0.15, 0.2) is 61.2 Å². The van der Waals surface area contributed by atoms with Crippen LogP contribution in [0.2, 0.25) is 0 Å². The maximum absolute atomic E-state index is 13.1. The molecule has 1 aromatic heterocycles. The monoisotopic (exact) mass is 354 g/mol. The number of hydrogen-bond acceptors (Lipinski definition) is 4. The molecule has 132 valence electrons. The zero-order chi connectivity index (χ0) is 18.5. The van der Waals surface area contributed by atoms with E-state index in [4.69, 9.17) is 5.11 Å². The van der Waals surface area contributed by atoms with Gasteiger partial charge in [0.25, 0.3) is 5.91 Å². The summed E-state index contributed by atoms with van der Waals surface area (Å²) in [5, 5.41) is 19.2. The zero-order valence-electron chi connectivity index (χ0n) is 13.5. The van der Waals surface area contributed by atoms with Crippen molar-refractivity contribution in [2.45, 2.75) is 12.5 Å². The second-order valence-corrected chi connectivity index (χ2v) is 5.59. The molecule has 0 radical (unpaired) electrons. The van der Waals surface area contributed by atoms with Crippen molar-refractivity contribution in [1.29, 1.82) is 0 Å². The molecule has 0 saturated carbocycles. The molecule has 0 spiro atoms. The molecule has 8 heteroatoms. The normalized spacial score (nSPS) is 11.7. The maximum atomic E-state index is 13.1. The van der Waals surface area contributed by atoms with E-state index >= 15 is 0 Å². The third-order valence-corrected chi connectivity index (χ3v) is 3.78. The van der Waals surface area contributed by atoms with Gasteiger partial charge in [-0.25, -0.2) is 4.39 Å². The van der Waals surface area contributed by atoms with Crippen LogP contribution >= 0.6 is 0 Å². The molecular weight excluding hydrogens is 339 g/mol. The highest BCUT2D eigenvalue weighted by Gasteiger charge is 2.19. The first kappa shape index (κ1) is 17.3. The number of nitrogens with zero attached hydrogens (tertiary/aromatic N) is 3. The predicted molar refractivity (Wildman–Crippen MR) is 90.2 cm³/mol. The summed E-state index contributed by atoms with van der Waals surface area (Å²) < 4.78 is 14.7. The number of carboxylic acid groups (broad SMARTS) is 1. The number of halogens is 1. The van der Waals surface area contributed by atoms with Crippen molar-refractivity contribution in [3.8, 4) is 5.69 Å². The van der Waals surface area contributed by atoms with Crippen molar-refractivity contribution in [3.63, 3.8) is 0 Å². The van der Waals surface area contributed by atoms with Crippen LogP contribution in [0.5, 0.6) is 0 Å². The fraction of sp³-hybridized carbons (Fsp3) is 0.111. The minimum atomic E-state index is -1.07. The number of aromatic nitrogens is 3. The lowest BCUT2D eigenvalue weighted by atomic mass is 10.0. The Morgan fingerprint density at radius 3 is 2.46 bits per heavy atom. The molecule has 0 unspecified atom stereocenters. The number of rotatable bonds is 6. The number of carbonyl (C=O) groups excluding carboxylic acids is 1. The first-order chi connectivity index (χ1) is 12.5. The van der Waals surface area contributed by atoms with Crippen molar-refractivity contribution < 1.29 is 19.1 Å². The molecule has 1 amide bonds. The quantitative estimate of drug-likeness (QED) is 0.708. The lowest BCUT2D eigenvalue weighted by Gasteiger charge is -2.18. The average Bonchev–Trinajstić information content (AvgIpc) is 3.16. The average molecular weight is 354 g/mol. The van der Waals surface area contributed by atoms with Gasteiger partial charge in [-0.15, -0.1) is 10.2 Å². The van der Waals surface area contributed by atoms with Gasteiger partial charge in [0.15, 0.2) is 0 Å². The third kappa shape index (κ3) is 4.10. The van der Waals surface area contributed by atoms with Gasteiger partial charge in [0.1, 0.15) is 18.5 Å². The van der Waals surface area contributed by atoms with E-state index in [1.807, 2.05) is 0 Å². The van der Waals surface area contributed by atoms with E-state index < -0.39 is 23.7 Å². The lowest BCUT2D eigenvalue weighted by molar-refractivity contribution is -0.137. The second-order valence-electron chi connectivity index (χ2n) is 5.59. The molecule has 0 fully saturated rings. The number of aliphatic carboxylic acids is 1. The summed E-state index contributed by atoms with van der Waals surface area (Å²) >= 11 is 0. The Labute approximate surface area is 148 Å². The SMILES string of the molecule is O=C(O)C[C@@H](NC(=O)c1cccc(-n2cnnc2)c1)c1ccc(F)cc1. The molecule has 2 N–H and O–H groups in total. The summed E-state index contributed by atoms with van der Waals surface area (Å²) in [5.41, 5.74) is 1.56. The van der Waals surface area contributed by atoms with Crippen molar-refractivity contribution in [2.75, 3.05) is 0 Å². The largest absolute Gasteiger partial charge is 0.481 e. The second kappa shape index (κ2) is 7.56. The highest BCUT2D eigenvalue weighted by Crippen LogP contribution is 2.19. The van der Waals surface area contributed by atoms with Crippen LogP contribution < -0.4 is 5.32 Å². The van der Waals surface area contributed by atoms with Crippen LogP contribution in [0.4, 0.5) is 4.39 Å². The Bertz CT molecular complexity index is 910. The Balaban J connectivity index is 1.82. The van der Waals surface area contributed by atoms with Gasteiger partial charge in [-0.2, -0.15) is 0 Å². The van der Waals surface area contributed by atoms with Crippen LogP contribution in [-0.4, -0.2) is 31.7 Å². The highest BCUT2D eigenvalue weighted by atomic mass is 19.1. The summed E-state index contributed by atoms with van der Waals surface area (Å²) in [6.45, 7) is 0. The summed E-state index contributed by atoms with van der Waals surface area (Å²) in [5.74, 6) is -1.94. The molecule has 2 aromatic carbocycles. The van der Waals surface area contributed by atoms with Gasteiger partial charge in [-0.05, 0) is 35.9 Å². The van der Waals surface area contributed by atoms with Gasteiger partial charge in [-0.1, -0.05) is 18.2 Å². The number of carbonyl (C=O) groups is 2. The van der Waals surface area contributed by atoms with Crippen molar-refractivity contribution >= 4 is 11.9 Å². The Morgan fingerprint density at radius 1 is 1.12 bits per heavy atom. The molecule has 3 aromatic rings. The summed E-state index contributed by atoms with van der Waals surface area (Å²) in [6.07, 6.45) is 2.69. The van der Waals surface area contributed by atoms with Crippen LogP contribution in [-0.2, 0) is 4.79 Å². The first-order valence-electron chi connectivity index (χ1n) is 7.76. The van der Waals surface area contributed by atoms with E-state index in [1.54, 1.807) is 28.8 Å². The number of amides is 1. The minimum Gasteiger partial charge on any atom is -0.481 e. The molecule has 0 aliphatic rings. The molecule has 0 aliphatic heterocycles. The molecule has 0 aliphatic carbocycles. The molecule has 0 bridgehead atoms.